The van der Waals surface area contributed by atoms with Crippen molar-refractivity contribution in [3.8, 4) is 16.9 Å². The van der Waals surface area contributed by atoms with E-state index in [2.05, 4.69) is 4.90 Å². The molecule has 192 valence electrons. The van der Waals surface area contributed by atoms with Gasteiger partial charge in [0, 0.05) is 17.7 Å². The second-order valence-electron chi connectivity index (χ2n) is 8.01. The molecule has 2 aromatic carbocycles. The molecule has 0 bridgehead atoms. The number of ether oxygens (including phenoxy) is 2. The summed E-state index contributed by atoms with van der Waals surface area (Å²) in [5, 5.41) is 0. The number of furan rings is 1. The van der Waals surface area contributed by atoms with Gasteiger partial charge in [0.15, 0.2) is 9.84 Å². The van der Waals surface area contributed by atoms with Gasteiger partial charge in [-0.3, -0.25) is 0 Å². The van der Waals surface area contributed by atoms with Crippen LogP contribution in [-0.2, 0) is 20.3 Å². The van der Waals surface area contributed by atoms with Crippen molar-refractivity contribution in [3.63, 3.8) is 0 Å². The van der Waals surface area contributed by atoms with Crippen LogP contribution >= 0.6 is 0 Å². The van der Waals surface area contributed by atoms with Gasteiger partial charge in [-0.05, 0) is 48.5 Å². The summed E-state index contributed by atoms with van der Waals surface area (Å²) in [6, 6.07) is 8.46. The molecular weight excluding hydrogens is 485 g/mol. The normalized spacial score (nSPS) is 11.8. The Morgan fingerprint density at radius 3 is 2.47 bits per heavy atom. The molecule has 7 nitrogen and oxygen atoms in total. The molecule has 0 radical (unpaired) electrons. The van der Waals surface area contributed by atoms with Crippen molar-refractivity contribution in [1.29, 1.82) is 0 Å². The minimum absolute atomic E-state index is 0.00279. The van der Waals surface area contributed by atoms with E-state index in [1.165, 1.54) is 38.9 Å². The lowest BCUT2D eigenvalue weighted by atomic mass is 9.99. The lowest BCUT2D eigenvalue weighted by Gasteiger charge is -2.17. The van der Waals surface area contributed by atoms with Crippen molar-refractivity contribution in [2.24, 2.45) is 0 Å². The first-order valence-corrected chi connectivity index (χ1v) is 13.1. The molecule has 0 aliphatic carbocycles. The second-order valence-corrected chi connectivity index (χ2v) is 9.97. The molecule has 0 amide bonds. The van der Waals surface area contributed by atoms with Crippen LogP contribution in [-0.4, -0.2) is 53.1 Å². The lowest BCUT2D eigenvalue weighted by Crippen LogP contribution is -2.22. The highest BCUT2D eigenvalue weighted by Crippen LogP contribution is 2.37. The van der Waals surface area contributed by atoms with E-state index < -0.39 is 27.4 Å². The van der Waals surface area contributed by atoms with E-state index in [0.717, 1.165) is 19.2 Å². The molecule has 0 unspecified atom stereocenters. The number of methoxy groups -OCH3 is 2. The summed E-state index contributed by atoms with van der Waals surface area (Å²) in [6.45, 7) is 6.33. The van der Waals surface area contributed by atoms with Gasteiger partial charge in [-0.2, -0.15) is 0 Å². The monoisotopic (exact) mass is 515 g/mol. The van der Waals surface area contributed by atoms with Crippen LogP contribution in [0.25, 0.3) is 17.2 Å². The van der Waals surface area contributed by atoms with Gasteiger partial charge in [0.1, 0.15) is 17.1 Å². The van der Waals surface area contributed by atoms with Crippen LogP contribution in [0.15, 0.2) is 64.3 Å². The number of likely N-dealkylation sites (N-methyl/N-ethyl adjacent to an activating group) is 1. The predicted octanol–water partition coefficient (Wildman–Crippen LogP) is 5.21. The SMILES string of the molecule is CCN(CC)CC=Cc1cc(F)ccc1S(=O)(=O)Cc1ccc(-c2ccoc2)c(OC)c1C(=O)OC. The number of carbonyl (C=O) groups excluding carboxylic acids is 1. The predicted molar refractivity (Wildman–Crippen MR) is 136 cm³/mol. The third-order valence-electron chi connectivity index (χ3n) is 5.88. The van der Waals surface area contributed by atoms with Crippen LogP contribution in [0.4, 0.5) is 4.39 Å². The van der Waals surface area contributed by atoms with Crippen LogP contribution in [0.2, 0.25) is 0 Å². The molecule has 3 rings (SSSR count). The number of hydrogen-bond donors (Lipinski definition) is 0. The Morgan fingerprint density at radius 1 is 1.11 bits per heavy atom. The summed E-state index contributed by atoms with van der Waals surface area (Å²) in [5.74, 6) is -1.62. The number of halogens is 1. The third kappa shape index (κ3) is 6.03. The van der Waals surface area contributed by atoms with Gasteiger partial charge in [-0.25, -0.2) is 17.6 Å². The molecule has 9 heteroatoms. The molecule has 0 N–H and O–H groups in total. The van der Waals surface area contributed by atoms with E-state index >= 15 is 0 Å². The van der Waals surface area contributed by atoms with Gasteiger partial charge in [-0.15, -0.1) is 0 Å². The summed E-state index contributed by atoms with van der Waals surface area (Å²) in [6.07, 6.45) is 6.39. The molecule has 1 aromatic heterocycles. The average Bonchev–Trinajstić information content (AvgIpc) is 3.40. The second kappa shape index (κ2) is 12.0. The Morgan fingerprint density at radius 2 is 1.86 bits per heavy atom. The Kier molecular flexibility index (Phi) is 9.06. The standard InChI is InChI=1S/C27H30FNO6S/c1-5-29(6-2)14-7-8-19-16-22(28)10-12-24(19)36(31,32)18-21-9-11-23(20-13-15-35-17-20)26(33-3)25(21)27(30)34-4/h7-13,15-17H,5-6,14,18H2,1-4H3. The summed E-state index contributed by atoms with van der Waals surface area (Å²) in [7, 11) is -1.39. The van der Waals surface area contributed by atoms with Crippen molar-refractivity contribution < 1.29 is 31.5 Å². The van der Waals surface area contributed by atoms with Crippen LogP contribution in [0.3, 0.4) is 0 Å². The van der Waals surface area contributed by atoms with Gasteiger partial charge < -0.3 is 18.8 Å². The maximum absolute atomic E-state index is 14.0. The van der Waals surface area contributed by atoms with Crippen LogP contribution in [0.1, 0.15) is 35.3 Å². The first kappa shape index (κ1) is 27.2. The van der Waals surface area contributed by atoms with Crippen molar-refractivity contribution >= 4 is 21.9 Å². The molecule has 0 saturated carbocycles. The number of benzene rings is 2. The minimum atomic E-state index is -3.99. The largest absolute Gasteiger partial charge is 0.495 e. The van der Waals surface area contributed by atoms with E-state index in [1.807, 2.05) is 19.9 Å². The Hall–Kier alpha value is -3.43. The summed E-state index contributed by atoms with van der Waals surface area (Å²) < 4.78 is 56.7. The Balaban J connectivity index is 2.06. The Labute approximate surface area is 211 Å². The fourth-order valence-corrected chi connectivity index (χ4v) is 5.52. The van der Waals surface area contributed by atoms with Gasteiger partial charge >= 0.3 is 5.97 Å². The fourth-order valence-electron chi connectivity index (χ4n) is 3.95. The maximum Gasteiger partial charge on any atom is 0.341 e. The van der Waals surface area contributed by atoms with Crippen LogP contribution < -0.4 is 4.74 Å². The first-order valence-electron chi connectivity index (χ1n) is 11.5. The summed E-state index contributed by atoms with van der Waals surface area (Å²) >= 11 is 0. The quantitative estimate of drug-likeness (QED) is 0.256. The van der Waals surface area contributed by atoms with Gasteiger partial charge in [0.2, 0.25) is 0 Å². The molecule has 0 aliphatic rings. The van der Waals surface area contributed by atoms with E-state index in [4.69, 9.17) is 13.9 Å². The minimum Gasteiger partial charge on any atom is -0.495 e. The van der Waals surface area contributed by atoms with Crippen molar-refractivity contribution in [2.45, 2.75) is 24.5 Å². The number of sulfone groups is 1. The fraction of sp³-hybridized carbons (Fsp3) is 0.296. The zero-order valence-corrected chi connectivity index (χ0v) is 21.6. The van der Waals surface area contributed by atoms with Gasteiger partial charge in [-0.1, -0.05) is 38.1 Å². The lowest BCUT2D eigenvalue weighted by molar-refractivity contribution is 0.0596. The number of nitrogens with zero attached hydrogens (tertiary/aromatic N) is 1. The molecular formula is C27H30FNO6S. The van der Waals surface area contributed by atoms with Crippen LogP contribution in [0.5, 0.6) is 5.75 Å². The van der Waals surface area contributed by atoms with Crippen molar-refractivity contribution in [3.05, 3.63) is 77.5 Å². The van der Waals surface area contributed by atoms with Crippen molar-refractivity contribution in [1.82, 2.24) is 4.90 Å². The van der Waals surface area contributed by atoms with E-state index in [1.54, 1.807) is 24.3 Å². The molecule has 36 heavy (non-hydrogen) atoms. The zero-order chi connectivity index (χ0) is 26.3. The Bertz CT molecular complexity index is 1330. The molecule has 1 heterocycles. The molecule has 0 saturated heterocycles. The summed E-state index contributed by atoms with van der Waals surface area (Å²) in [4.78, 5) is 14.9. The summed E-state index contributed by atoms with van der Waals surface area (Å²) in [5.41, 5.74) is 1.65. The number of carbonyl (C=O) groups is 1. The molecule has 0 fully saturated rings. The highest BCUT2D eigenvalue weighted by molar-refractivity contribution is 7.90. The number of esters is 1. The number of rotatable bonds is 11. The van der Waals surface area contributed by atoms with E-state index in [0.29, 0.717) is 17.7 Å². The molecule has 0 aliphatic heterocycles. The third-order valence-corrected chi connectivity index (χ3v) is 7.61. The molecule has 0 spiro atoms. The van der Waals surface area contributed by atoms with Gasteiger partial charge in [0.25, 0.3) is 0 Å². The van der Waals surface area contributed by atoms with Crippen molar-refractivity contribution in [2.75, 3.05) is 33.9 Å². The van der Waals surface area contributed by atoms with Crippen LogP contribution in [0, 0.1) is 5.82 Å². The smallest absolute Gasteiger partial charge is 0.341 e. The first-order chi connectivity index (χ1) is 17.2. The average molecular weight is 516 g/mol. The van der Waals surface area contributed by atoms with E-state index in [9.17, 15) is 17.6 Å². The molecule has 0 atom stereocenters. The van der Waals surface area contributed by atoms with E-state index in [-0.39, 0.29) is 27.3 Å². The highest BCUT2D eigenvalue weighted by atomic mass is 32.2. The highest BCUT2D eigenvalue weighted by Gasteiger charge is 2.27. The topological polar surface area (TPSA) is 86.0 Å². The number of hydrogen-bond acceptors (Lipinski definition) is 7. The van der Waals surface area contributed by atoms with Gasteiger partial charge in [0.05, 0.1) is 37.4 Å². The zero-order valence-electron chi connectivity index (χ0n) is 20.8. The molecule has 3 aromatic rings. The maximum atomic E-state index is 14.0.